The normalized spacial score (nSPS) is 14.6. The third-order valence-electron chi connectivity index (χ3n) is 17.0. The van der Waals surface area contributed by atoms with E-state index in [0.717, 1.165) is 128 Å². The molecule has 0 radical (unpaired) electrons. The maximum Gasteiger partial charge on any atom is 0.472 e. The van der Waals surface area contributed by atoms with Crippen molar-refractivity contribution in [3.05, 3.63) is 158 Å². The number of aliphatic hydroxyl groups is 1. The largest absolute Gasteiger partial charge is 0.472 e. The maximum atomic E-state index is 13.1. The summed E-state index contributed by atoms with van der Waals surface area (Å²) in [5.74, 6) is -2.37. The Hall–Kier alpha value is -5.32. The van der Waals surface area contributed by atoms with E-state index in [-0.39, 0.29) is 25.7 Å². The fourth-order valence-corrected chi connectivity index (χ4v) is 12.3. The van der Waals surface area contributed by atoms with Gasteiger partial charge in [-0.05, 0) is 128 Å². The van der Waals surface area contributed by atoms with Gasteiger partial charge in [-0.15, -0.1) is 0 Å². The number of unbranched alkanes of at least 4 members (excludes halogenated alkanes) is 25. The van der Waals surface area contributed by atoms with Crippen LogP contribution in [0, 0.1) is 0 Å². The number of phosphoric acid groups is 2. The Morgan fingerprint density at radius 1 is 0.269 bits per heavy atom. The van der Waals surface area contributed by atoms with Crippen LogP contribution >= 0.6 is 15.6 Å². The minimum atomic E-state index is -5.02. The van der Waals surface area contributed by atoms with Gasteiger partial charge in [-0.3, -0.25) is 37.3 Å². The lowest BCUT2D eigenvalue weighted by molar-refractivity contribution is -0.161. The minimum absolute atomic E-state index is 0.0152. The van der Waals surface area contributed by atoms with Crippen LogP contribution < -0.4 is 0 Å². The van der Waals surface area contributed by atoms with Crippen molar-refractivity contribution in [1.29, 1.82) is 0 Å². The van der Waals surface area contributed by atoms with E-state index in [4.69, 9.17) is 37.0 Å². The van der Waals surface area contributed by atoms with E-state index >= 15 is 0 Å². The van der Waals surface area contributed by atoms with Gasteiger partial charge in [0, 0.05) is 25.7 Å². The molecule has 2 unspecified atom stereocenters. The van der Waals surface area contributed by atoms with E-state index in [0.29, 0.717) is 38.5 Å². The lowest BCUT2D eigenvalue weighted by Gasteiger charge is -2.21. The molecule has 0 amide bonds. The van der Waals surface area contributed by atoms with Gasteiger partial charge in [0.25, 0.3) is 0 Å². The molecular weight excluding hydrogens is 1400 g/mol. The monoisotopic (exact) mass is 1550 g/mol. The Morgan fingerprint density at radius 3 is 0.824 bits per heavy atom. The summed E-state index contributed by atoms with van der Waals surface area (Å²) in [6.45, 7) is 4.48. The highest BCUT2D eigenvalue weighted by atomic mass is 31.2. The van der Waals surface area contributed by atoms with Gasteiger partial charge in [0.05, 0.1) is 26.4 Å². The van der Waals surface area contributed by atoms with Crippen molar-refractivity contribution >= 4 is 39.5 Å². The van der Waals surface area contributed by atoms with Crippen molar-refractivity contribution in [2.24, 2.45) is 0 Å². The zero-order chi connectivity index (χ0) is 78.9. The molecule has 0 aliphatic heterocycles. The molecule has 0 bridgehead atoms. The first-order valence-electron chi connectivity index (χ1n) is 41.7. The fraction of sp³-hybridized carbons (Fsp3) is 0.663. The van der Waals surface area contributed by atoms with Crippen LogP contribution in [0.2, 0.25) is 0 Å². The number of carbonyl (C=O) groups excluding carboxylic acids is 4. The highest BCUT2D eigenvalue weighted by Gasteiger charge is 2.30. The molecule has 0 heterocycles. The van der Waals surface area contributed by atoms with E-state index in [2.05, 4.69) is 149 Å². The highest BCUT2D eigenvalue weighted by Crippen LogP contribution is 2.45. The average Bonchev–Trinajstić information content (AvgIpc) is 0.896. The summed E-state index contributed by atoms with van der Waals surface area (Å²) < 4.78 is 68.6. The number of aliphatic hydroxyl groups excluding tert-OH is 1. The van der Waals surface area contributed by atoms with Gasteiger partial charge >= 0.3 is 39.5 Å². The predicted octanol–water partition coefficient (Wildman–Crippen LogP) is 24.8. The quantitative estimate of drug-likeness (QED) is 0.0169. The molecular formula is C89H148O17P2. The van der Waals surface area contributed by atoms with Gasteiger partial charge in [0.15, 0.2) is 12.2 Å². The lowest BCUT2D eigenvalue weighted by Crippen LogP contribution is -2.30. The number of carbonyl (C=O) groups is 4. The summed E-state index contributed by atoms with van der Waals surface area (Å²) in [7, 11) is -10.0. The first-order chi connectivity index (χ1) is 52.7. The van der Waals surface area contributed by atoms with E-state index in [9.17, 15) is 43.2 Å². The maximum absolute atomic E-state index is 13.1. The summed E-state index contributed by atoms with van der Waals surface area (Å²) in [5, 5.41) is 10.7. The van der Waals surface area contributed by atoms with Crippen molar-refractivity contribution in [3.63, 3.8) is 0 Å². The molecule has 616 valence electrons. The molecule has 5 atom stereocenters. The van der Waals surface area contributed by atoms with E-state index in [1.807, 2.05) is 36.5 Å². The minimum Gasteiger partial charge on any atom is -0.462 e. The standard InChI is InChI=1S/C89H148O17P2/c1-5-9-13-17-21-25-29-33-37-39-41-43-47-50-54-58-62-66-70-74-87(92)100-80-85(106-89(94)76-72-68-64-60-56-52-48-44-42-40-38-34-30-26-22-18-14-10-6-2)82-104-108(97,98)102-78-83(90)77-101-107(95,96)103-81-84(105-88(93)75-71-67-63-59-55-51-46-36-32-28-24-20-16-12-8-4)79-99-86(91)73-69-65-61-57-53-49-45-35-31-27-23-19-15-11-7-3/h9-10,13-14,21-22,25-27,31,33-34,37-38,41-44,50,52,54,56,62,64,66,68,83-85,90H,5-8,11-12,15-20,23-24,28-30,32,35-36,39-40,45-49,51,53,55,57-61,63,65,67,69-82H2,1-4H3,(H,95,96)(H,97,98)/b13-9-,14-10-,25-21-,26-22-,31-27-,37-33-,38-34-,43-41-,44-42-,54-50-,56-52-,66-62-,68-64-/t83-,84+,85+/m0/s1. The molecule has 0 saturated carbocycles. The van der Waals surface area contributed by atoms with E-state index in [1.54, 1.807) is 0 Å². The van der Waals surface area contributed by atoms with Crippen molar-refractivity contribution < 1.29 is 80.2 Å². The van der Waals surface area contributed by atoms with Crippen LogP contribution in [0.25, 0.3) is 0 Å². The Balaban J connectivity index is 5.51. The molecule has 0 aromatic heterocycles. The number of allylic oxidation sites excluding steroid dienone is 26. The summed E-state index contributed by atoms with van der Waals surface area (Å²) in [6.07, 6.45) is 93.9. The van der Waals surface area contributed by atoms with Crippen molar-refractivity contribution in [2.45, 2.75) is 341 Å². The van der Waals surface area contributed by atoms with Crippen LogP contribution in [-0.2, 0) is 65.4 Å². The Kier molecular flexibility index (Phi) is 75.8. The van der Waals surface area contributed by atoms with Gasteiger partial charge < -0.3 is 33.8 Å². The molecule has 0 rings (SSSR count). The van der Waals surface area contributed by atoms with Crippen LogP contribution in [0.5, 0.6) is 0 Å². The Labute approximate surface area is 655 Å². The molecule has 3 N–H and O–H groups in total. The molecule has 0 aliphatic rings. The summed E-state index contributed by atoms with van der Waals surface area (Å²) in [6, 6.07) is 0. The first-order valence-corrected chi connectivity index (χ1v) is 44.7. The van der Waals surface area contributed by atoms with Gasteiger partial charge in [-0.2, -0.15) is 0 Å². The molecule has 0 saturated heterocycles. The van der Waals surface area contributed by atoms with Gasteiger partial charge in [0.1, 0.15) is 19.3 Å². The van der Waals surface area contributed by atoms with Crippen LogP contribution in [0.1, 0.15) is 323 Å². The molecule has 0 fully saturated rings. The number of ether oxygens (including phenoxy) is 4. The van der Waals surface area contributed by atoms with Crippen molar-refractivity contribution in [1.82, 2.24) is 0 Å². The SMILES string of the molecule is CC/C=C\C/C=C\C/C=C\C/C=C\C/C=C\C/C=C\CCC(=O)OC[C@H](COP(=O)(O)OC[C@@H](O)COP(=O)(O)OC[C@@H](COC(=O)CCCCCCCCC/C=C\CCCCCC)OC(=O)CCCCCCCCCCCCCCCCC)OC(=O)CC/C=C\C/C=C\C/C=C\C/C=C\C/C=C\C/C=C\CC. The number of esters is 4. The molecule has 108 heavy (non-hydrogen) atoms. The smallest absolute Gasteiger partial charge is 0.462 e. The Morgan fingerprint density at radius 2 is 0.500 bits per heavy atom. The number of phosphoric ester groups is 2. The number of hydrogen-bond acceptors (Lipinski definition) is 15. The molecule has 19 heteroatoms. The second kappa shape index (κ2) is 79.8. The summed E-state index contributed by atoms with van der Waals surface area (Å²) in [5.41, 5.74) is 0. The average molecular weight is 1550 g/mol. The molecule has 0 aliphatic carbocycles. The topological polar surface area (TPSA) is 237 Å². The zero-order valence-corrected chi connectivity index (χ0v) is 69.3. The molecule has 0 spiro atoms. The number of rotatable bonds is 77. The second-order valence-corrected chi connectivity index (χ2v) is 30.2. The van der Waals surface area contributed by atoms with E-state index in [1.165, 1.54) is 103 Å². The lowest BCUT2D eigenvalue weighted by atomic mass is 10.0. The molecule has 0 aromatic rings. The molecule has 17 nitrogen and oxygen atoms in total. The van der Waals surface area contributed by atoms with Gasteiger partial charge in [-0.1, -0.05) is 327 Å². The summed E-state index contributed by atoms with van der Waals surface area (Å²) >= 11 is 0. The Bertz CT molecular complexity index is 2660. The third kappa shape index (κ3) is 78.8. The van der Waals surface area contributed by atoms with Crippen molar-refractivity contribution in [3.8, 4) is 0 Å². The second-order valence-electron chi connectivity index (χ2n) is 27.3. The fourth-order valence-electron chi connectivity index (χ4n) is 10.7. The van der Waals surface area contributed by atoms with Crippen LogP contribution in [0.15, 0.2) is 158 Å². The van der Waals surface area contributed by atoms with E-state index < -0.39 is 97.5 Å². The van der Waals surface area contributed by atoms with Crippen LogP contribution in [0.4, 0.5) is 0 Å². The van der Waals surface area contributed by atoms with Gasteiger partial charge in [0.2, 0.25) is 0 Å². The van der Waals surface area contributed by atoms with Crippen LogP contribution in [0.3, 0.4) is 0 Å². The zero-order valence-electron chi connectivity index (χ0n) is 67.5. The summed E-state index contributed by atoms with van der Waals surface area (Å²) in [4.78, 5) is 73.1. The number of hydrogen-bond donors (Lipinski definition) is 3. The third-order valence-corrected chi connectivity index (χ3v) is 18.9. The highest BCUT2D eigenvalue weighted by molar-refractivity contribution is 7.47. The first kappa shape index (κ1) is 103. The predicted molar refractivity (Wildman–Crippen MR) is 445 cm³/mol. The van der Waals surface area contributed by atoms with Crippen LogP contribution in [-0.4, -0.2) is 96.7 Å². The molecule has 0 aromatic carbocycles. The van der Waals surface area contributed by atoms with Crippen molar-refractivity contribution in [2.75, 3.05) is 39.6 Å². The van der Waals surface area contributed by atoms with Gasteiger partial charge in [-0.25, -0.2) is 9.13 Å².